The van der Waals surface area contributed by atoms with Crippen LogP contribution in [0.5, 0.6) is 0 Å². The number of urea groups is 1. The lowest BCUT2D eigenvalue weighted by Gasteiger charge is -2.13. The van der Waals surface area contributed by atoms with Gasteiger partial charge in [0.05, 0.1) is 6.10 Å². The Kier molecular flexibility index (Phi) is 4.48. The Morgan fingerprint density at radius 1 is 1.25 bits per heavy atom. The van der Waals surface area contributed by atoms with Crippen LogP contribution in [0.1, 0.15) is 23.1 Å². The first-order valence-electron chi connectivity index (χ1n) is 7.68. The Hall–Kier alpha value is -2.86. The van der Waals surface area contributed by atoms with Crippen LogP contribution in [0.3, 0.4) is 0 Å². The van der Waals surface area contributed by atoms with Crippen molar-refractivity contribution in [1.29, 1.82) is 0 Å². The molecule has 0 aliphatic carbocycles. The fourth-order valence-electron chi connectivity index (χ4n) is 2.48. The zero-order valence-electron chi connectivity index (χ0n) is 13.5. The molecule has 0 aliphatic heterocycles. The van der Waals surface area contributed by atoms with E-state index in [2.05, 4.69) is 15.6 Å². The van der Waals surface area contributed by atoms with Gasteiger partial charge < -0.3 is 20.2 Å². The van der Waals surface area contributed by atoms with Gasteiger partial charge in [0.25, 0.3) is 0 Å². The fraction of sp³-hybridized carbons (Fsp3) is 0.222. The maximum atomic E-state index is 12.0. The van der Waals surface area contributed by atoms with Gasteiger partial charge in [0.2, 0.25) is 0 Å². The molecule has 1 heterocycles. The average molecular weight is 325 g/mol. The number of aliphatic hydroxyl groups excluding tert-OH is 1. The largest absolute Gasteiger partial charge is 0.441 e. The molecule has 0 saturated carbocycles. The van der Waals surface area contributed by atoms with E-state index in [1.807, 2.05) is 31.2 Å². The molecule has 1 atom stereocenters. The molecule has 1 unspecified atom stereocenters. The van der Waals surface area contributed by atoms with Crippen LogP contribution in [0.15, 0.2) is 46.9 Å². The Bertz CT molecular complexity index is 873. The highest BCUT2D eigenvalue weighted by Crippen LogP contribution is 2.20. The molecular weight excluding hydrogens is 306 g/mol. The van der Waals surface area contributed by atoms with Gasteiger partial charge >= 0.3 is 6.03 Å². The van der Waals surface area contributed by atoms with Crippen molar-refractivity contribution in [1.82, 2.24) is 10.3 Å². The van der Waals surface area contributed by atoms with Gasteiger partial charge in [0.15, 0.2) is 11.5 Å². The van der Waals surface area contributed by atoms with E-state index in [-0.39, 0.29) is 6.54 Å². The van der Waals surface area contributed by atoms with Crippen molar-refractivity contribution in [2.45, 2.75) is 20.0 Å². The van der Waals surface area contributed by atoms with Crippen molar-refractivity contribution in [2.75, 3.05) is 11.9 Å². The van der Waals surface area contributed by atoms with Crippen LogP contribution in [-0.4, -0.2) is 22.7 Å². The molecule has 6 nitrogen and oxygen atoms in total. The van der Waals surface area contributed by atoms with Crippen molar-refractivity contribution in [3.63, 3.8) is 0 Å². The number of rotatable bonds is 4. The quantitative estimate of drug-likeness (QED) is 0.687. The van der Waals surface area contributed by atoms with Gasteiger partial charge in [0, 0.05) is 25.2 Å². The second-order valence-corrected chi connectivity index (χ2v) is 5.68. The normalized spacial score (nSPS) is 12.1. The Balaban J connectivity index is 1.58. The third kappa shape index (κ3) is 3.72. The number of amides is 2. The number of nitrogens with zero attached hydrogens (tertiary/aromatic N) is 1. The molecule has 24 heavy (non-hydrogen) atoms. The predicted octanol–water partition coefficient (Wildman–Crippen LogP) is 3.30. The summed E-state index contributed by atoms with van der Waals surface area (Å²) >= 11 is 0. The highest BCUT2D eigenvalue weighted by Gasteiger charge is 2.10. The number of benzene rings is 2. The lowest BCUT2D eigenvalue weighted by atomic mass is 10.1. The number of aliphatic hydroxyl groups is 1. The standard InChI is InChI=1S/C18H19N3O3/c1-11-4-3-5-13(8-11)16(22)10-19-18(23)21-14-6-7-15-17(9-14)24-12(2)20-15/h3-9,16,22H,10H2,1-2H3,(H2,19,21,23). The molecular formula is C18H19N3O3. The molecule has 0 aliphatic rings. The average Bonchev–Trinajstić information content (AvgIpc) is 2.92. The summed E-state index contributed by atoms with van der Waals surface area (Å²) in [5, 5.41) is 15.5. The number of aromatic nitrogens is 1. The molecule has 3 rings (SSSR count). The minimum Gasteiger partial charge on any atom is -0.441 e. The van der Waals surface area contributed by atoms with Gasteiger partial charge in [0.1, 0.15) is 5.52 Å². The topological polar surface area (TPSA) is 87.4 Å². The Morgan fingerprint density at radius 2 is 2.08 bits per heavy atom. The minimum atomic E-state index is -0.755. The molecule has 2 aromatic carbocycles. The summed E-state index contributed by atoms with van der Waals surface area (Å²) in [6.45, 7) is 3.85. The number of hydrogen-bond donors (Lipinski definition) is 3. The molecule has 6 heteroatoms. The summed E-state index contributed by atoms with van der Waals surface area (Å²) in [6, 6.07) is 12.4. The SMILES string of the molecule is Cc1cccc(C(O)CNC(=O)Nc2ccc3nc(C)oc3c2)c1. The first-order chi connectivity index (χ1) is 11.5. The van der Waals surface area contributed by atoms with Gasteiger partial charge in [-0.2, -0.15) is 0 Å². The van der Waals surface area contributed by atoms with Crippen molar-refractivity contribution in [3.05, 3.63) is 59.5 Å². The van der Waals surface area contributed by atoms with E-state index in [9.17, 15) is 9.90 Å². The summed E-state index contributed by atoms with van der Waals surface area (Å²) in [4.78, 5) is 16.2. The smallest absolute Gasteiger partial charge is 0.319 e. The Morgan fingerprint density at radius 3 is 2.88 bits per heavy atom. The van der Waals surface area contributed by atoms with E-state index in [0.29, 0.717) is 17.2 Å². The maximum Gasteiger partial charge on any atom is 0.319 e. The molecule has 0 saturated heterocycles. The minimum absolute atomic E-state index is 0.124. The molecule has 3 N–H and O–H groups in total. The number of oxazole rings is 1. The molecule has 0 fully saturated rings. The van der Waals surface area contributed by atoms with Gasteiger partial charge in [-0.3, -0.25) is 0 Å². The summed E-state index contributed by atoms with van der Waals surface area (Å²) in [6.07, 6.45) is -0.755. The molecule has 3 aromatic rings. The molecule has 124 valence electrons. The zero-order chi connectivity index (χ0) is 17.1. The van der Waals surface area contributed by atoms with Crippen molar-refractivity contribution < 1.29 is 14.3 Å². The van der Waals surface area contributed by atoms with E-state index >= 15 is 0 Å². The lowest BCUT2D eigenvalue weighted by Crippen LogP contribution is -2.32. The molecule has 0 spiro atoms. The number of aryl methyl sites for hydroxylation is 2. The van der Waals surface area contributed by atoms with Crippen LogP contribution in [0.25, 0.3) is 11.1 Å². The molecule has 0 bridgehead atoms. The van der Waals surface area contributed by atoms with Gasteiger partial charge in [-0.25, -0.2) is 9.78 Å². The van der Waals surface area contributed by atoms with Crippen LogP contribution < -0.4 is 10.6 Å². The van der Waals surface area contributed by atoms with Crippen LogP contribution in [0, 0.1) is 13.8 Å². The highest BCUT2D eigenvalue weighted by molar-refractivity contribution is 5.91. The highest BCUT2D eigenvalue weighted by atomic mass is 16.3. The van der Waals surface area contributed by atoms with E-state index in [1.165, 1.54) is 0 Å². The zero-order valence-corrected chi connectivity index (χ0v) is 13.5. The van der Waals surface area contributed by atoms with E-state index in [1.54, 1.807) is 25.1 Å². The van der Waals surface area contributed by atoms with Crippen LogP contribution in [0.2, 0.25) is 0 Å². The van der Waals surface area contributed by atoms with Gasteiger partial charge in [-0.15, -0.1) is 0 Å². The fourth-order valence-corrected chi connectivity index (χ4v) is 2.48. The van der Waals surface area contributed by atoms with Crippen molar-refractivity contribution >= 4 is 22.8 Å². The maximum absolute atomic E-state index is 12.0. The summed E-state index contributed by atoms with van der Waals surface area (Å²) in [7, 11) is 0. The number of fused-ring (bicyclic) bond motifs is 1. The van der Waals surface area contributed by atoms with E-state index in [0.717, 1.165) is 16.6 Å². The van der Waals surface area contributed by atoms with Gasteiger partial charge in [-0.1, -0.05) is 29.8 Å². The third-order valence-corrected chi connectivity index (χ3v) is 3.64. The van der Waals surface area contributed by atoms with Crippen LogP contribution >= 0.6 is 0 Å². The van der Waals surface area contributed by atoms with Gasteiger partial charge in [-0.05, 0) is 24.6 Å². The second-order valence-electron chi connectivity index (χ2n) is 5.68. The summed E-state index contributed by atoms with van der Waals surface area (Å²) in [5.41, 5.74) is 3.79. The molecule has 2 amide bonds. The summed E-state index contributed by atoms with van der Waals surface area (Å²) < 4.78 is 5.43. The van der Waals surface area contributed by atoms with E-state index < -0.39 is 12.1 Å². The van der Waals surface area contributed by atoms with E-state index in [4.69, 9.17) is 4.42 Å². The van der Waals surface area contributed by atoms with Crippen molar-refractivity contribution in [2.24, 2.45) is 0 Å². The number of carbonyl (C=O) groups is 1. The third-order valence-electron chi connectivity index (χ3n) is 3.64. The van der Waals surface area contributed by atoms with Crippen molar-refractivity contribution in [3.8, 4) is 0 Å². The second kappa shape index (κ2) is 6.72. The van der Waals surface area contributed by atoms with Crippen LogP contribution in [-0.2, 0) is 0 Å². The summed E-state index contributed by atoms with van der Waals surface area (Å²) in [5.74, 6) is 0.577. The number of hydrogen-bond acceptors (Lipinski definition) is 4. The lowest BCUT2D eigenvalue weighted by molar-refractivity contribution is 0.175. The Labute approximate surface area is 139 Å². The molecule has 1 aromatic heterocycles. The van der Waals surface area contributed by atoms with Crippen LogP contribution in [0.4, 0.5) is 10.5 Å². The number of anilines is 1. The first kappa shape index (κ1) is 16.0. The monoisotopic (exact) mass is 325 g/mol. The first-order valence-corrected chi connectivity index (χ1v) is 7.68. The number of carbonyl (C=O) groups excluding carboxylic acids is 1. The molecule has 0 radical (unpaired) electrons. The number of nitrogens with one attached hydrogen (secondary N) is 2. The predicted molar refractivity (Wildman–Crippen MR) is 91.9 cm³/mol.